The molecule has 0 aromatic heterocycles. The molecule has 27 heavy (non-hydrogen) atoms. The molecule has 3 rings (SSSR count). The van der Waals surface area contributed by atoms with Crippen LogP contribution in [0, 0.1) is 5.92 Å². The first-order valence-corrected chi connectivity index (χ1v) is 8.30. The summed E-state index contributed by atoms with van der Waals surface area (Å²) in [7, 11) is 0. The number of carbonyl (C=O) groups is 2. The summed E-state index contributed by atoms with van der Waals surface area (Å²) in [6, 6.07) is 5.05. The molecule has 0 aliphatic carbocycles. The maximum atomic E-state index is 12.6. The van der Waals surface area contributed by atoms with Crippen molar-refractivity contribution in [3.05, 3.63) is 36.0 Å². The SMILES string of the molecule is CC(C)(C)OC(=O)N1CC2=CN(c3ccc(OC(F)(F)F)cc3)C(=O)C2C1. The molecular weight excluding hydrogens is 365 g/mol. The third-order valence-corrected chi connectivity index (χ3v) is 4.05. The summed E-state index contributed by atoms with van der Waals surface area (Å²) in [6.45, 7) is 5.78. The van der Waals surface area contributed by atoms with Crippen molar-refractivity contribution in [2.75, 3.05) is 18.0 Å². The molecule has 2 aliphatic rings. The first-order valence-electron chi connectivity index (χ1n) is 8.30. The summed E-state index contributed by atoms with van der Waals surface area (Å²) in [4.78, 5) is 27.6. The Hall–Kier alpha value is -2.71. The van der Waals surface area contributed by atoms with Gasteiger partial charge in [0.2, 0.25) is 5.91 Å². The lowest BCUT2D eigenvalue weighted by molar-refractivity contribution is -0.274. The summed E-state index contributed by atoms with van der Waals surface area (Å²) in [6.07, 6.45) is -3.63. The Balaban J connectivity index is 1.69. The van der Waals surface area contributed by atoms with Crippen LogP contribution in [0.5, 0.6) is 5.75 Å². The fourth-order valence-electron chi connectivity index (χ4n) is 2.97. The molecule has 0 N–H and O–H groups in total. The standard InChI is InChI=1S/C18H19F3N2O4/c1-17(2,3)27-16(25)22-8-11-9-23(15(24)14(11)10-22)12-4-6-13(7-5-12)26-18(19,20)21/h4-7,9,14H,8,10H2,1-3H3. The summed E-state index contributed by atoms with van der Waals surface area (Å²) >= 11 is 0. The molecule has 0 bridgehead atoms. The fourth-order valence-corrected chi connectivity index (χ4v) is 2.97. The molecule has 2 heterocycles. The van der Waals surface area contributed by atoms with Gasteiger partial charge in [0.15, 0.2) is 0 Å². The maximum Gasteiger partial charge on any atom is 0.573 e. The molecule has 1 atom stereocenters. The van der Waals surface area contributed by atoms with E-state index in [0.717, 1.165) is 17.7 Å². The molecule has 0 saturated carbocycles. The predicted octanol–water partition coefficient (Wildman–Crippen LogP) is 3.68. The van der Waals surface area contributed by atoms with E-state index < -0.39 is 24.0 Å². The van der Waals surface area contributed by atoms with Crippen LogP contribution in [0.4, 0.5) is 23.7 Å². The lowest BCUT2D eigenvalue weighted by atomic mass is 10.1. The van der Waals surface area contributed by atoms with Crippen molar-refractivity contribution in [2.24, 2.45) is 5.92 Å². The lowest BCUT2D eigenvalue weighted by Gasteiger charge is -2.25. The van der Waals surface area contributed by atoms with Crippen molar-refractivity contribution in [1.29, 1.82) is 0 Å². The third-order valence-electron chi connectivity index (χ3n) is 4.05. The second-order valence-electron chi connectivity index (χ2n) is 7.37. The highest BCUT2D eigenvalue weighted by molar-refractivity contribution is 6.02. The van der Waals surface area contributed by atoms with E-state index in [1.807, 2.05) is 0 Å². The van der Waals surface area contributed by atoms with Gasteiger partial charge in [0.05, 0.1) is 5.92 Å². The van der Waals surface area contributed by atoms with Crippen LogP contribution in [-0.2, 0) is 9.53 Å². The number of benzene rings is 1. The van der Waals surface area contributed by atoms with E-state index in [1.54, 1.807) is 27.0 Å². The van der Waals surface area contributed by atoms with E-state index in [9.17, 15) is 22.8 Å². The Morgan fingerprint density at radius 1 is 1.15 bits per heavy atom. The van der Waals surface area contributed by atoms with Gasteiger partial charge in [-0.15, -0.1) is 13.2 Å². The number of carbonyl (C=O) groups excluding carboxylic acids is 2. The van der Waals surface area contributed by atoms with Crippen LogP contribution in [0.1, 0.15) is 20.8 Å². The van der Waals surface area contributed by atoms with Gasteiger partial charge < -0.3 is 14.4 Å². The van der Waals surface area contributed by atoms with E-state index in [-0.39, 0.29) is 24.7 Å². The summed E-state index contributed by atoms with van der Waals surface area (Å²) in [5.41, 5.74) is 0.570. The molecule has 9 heteroatoms. The van der Waals surface area contributed by atoms with Crippen LogP contribution in [-0.4, -0.2) is 42.0 Å². The minimum Gasteiger partial charge on any atom is -0.444 e. The highest BCUT2D eigenvalue weighted by Gasteiger charge is 2.43. The second kappa shape index (κ2) is 6.47. The Morgan fingerprint density at radius 2 is 1.78 bits per heavy atom. The Morgan fingerprint density at radius 3 is 2.30 bits per heavy atom. The Bertz CT molecular complexity index is 781. The Kier molecular flexibility index (Phi) is 4.57. The van der Waals surface area contributed by atoms with Crippen molar-refractivity contribution in [3.63, 3.8) is 0 Å². The molecule has 0 radical (unpaired) electrons. The smallest absolute Gasteiger partial charge is 0.444 e. The van der Waals surface area contributed by atoms with Crippen molar-refractivity contribution in [1.82, 2.24) is 4.90 Å². The van der Waals surface area contributed by atoms with Crippen molar-refractivity contribution in [2.45, 2.75) is 32.7 Å². The van der Waals surface area contributed by atoms with Gasteiger partial charge in [-0.3, -0.25) is 9.69 Å². The number of alkyl halides is 3. The van der Waals surface area contributed by atoms with Gasteiger partial charge in [0.25, 0.3) is 0 Å². The van der Waals surface area contributed by atoms with Crippen LogP contribution < -0.4 is 9.64 Å². The van der Waals surface area contributed by atoms with Crippen molar-refractivity contribution in [3.8, 4) is 5.75 Å². The van der Waals surface area contributed by atoms with E-state index in [4.69, 9.17) is 4.74 Å². The minimum atomic E-state index is -4.77. The second-order valence-corrected chi connectivity index (χ2v) is 7.37. The van der Waals surface area contributed by atoms with Crippen molar-refractivity contribution >= 4 is 17.7 Å². The minimum absolute atomic E-state index is 0.214. The number of amides is 2. The summed E-state index contributed by atoms with van der Waals surface area (Å²) < 4.78 is 45.8. The van der Waals surface area contributed by atoms with E-state index in [0.29, 0.717) is 5.69 Å². The molecule has 1 unspecified atom stereocenters. The number of hydrogen-bond donors (Lipinski definition) is 0. The molecule has 6 nitrogen and oxygen atoms in total. The number of fused-ring (bicyclic) bond motifs is 1. The largest absolute Gasteiger partial charge is 0.573 e. The van der Waals surface area contributed by atoms with Gasteiger partial charge in [-0.05, 0) is 50.6 Å². The van der Waals surface area contributed by atoms with Crippen LogP contribution in [0.15, 0.2) is 36.0 Å². The normalized spacial score (nSPS) is 19.9. The maximum absolute atomic E-state index is 12.6. The number of nitrogens with zero attached hydrogens (tertiary/aromatic N) is 2. The third kappa shape index (κ3) is 4.35. The summed E-state index contributed by atoms with van der Waals surface area (Å²) in [5.74, 6) is -1.06. The average Bonchev–Trinajstić information content (AvgIpc) is 3.05. The number of hydrogen-bond acceptors (Lipinski definition) is 4. The number of likely N-dealkylation sites (tertiary alicyclic amines) is 1. The zero-order valence-electron chi connectivity index (χ0n) is 15.0. The van der Waals surface area contributed by atoms with Gasteiger partial charge in [-0.1, -0.05) is 0 Å². The molecular formula is C18H19F3N2O4. The first kappa shape index (κ1) is 19.1. The number of halogens is 3. The monoisotopic (exact) mass is 384 g/mol. The molecule has 146 valence electrons. The highest BCUT2D eigenvalue weighted by atomic mass is 19.4. The number of ether oxygens (including phenoxy) is 2. The molecule has 0 spiro atoms. The van der Waals surface area contributed by atoms with E-state index in [2.05, 4.69) is 4.74 Å². The van der Waals surface area contributed by atoms with E-state index in [1.165, 1.54) is 21.9 Å². The average molecular weight is 384 g/mol. The zero-order valence-corrected chi connectivity index (χ0v) is 15.0. The van der Waals surface area contributed by atoms with Gasteiger partial charge >= 0.3 is 12.5 Å². The van der Waals surface area contributed by atoms with Gasteiger partial charge in [0, 0.05) is 25.0 Å². The lowest BCUT2D eigenvalue weighted by Crippen LogP contribution is -2.37. The molecule has 1 fully saturated rings. The number of rotatable bonds is 2. The molecule has 1 aromatic carbocycles. The predicted molar refractivity (Wildman–Crippen MR) is 90.0 cm³/mol. The van der Waals surface area contributed by atoms with E-state index >= 15 is 0 Å². The van der Waals surface area contributed by atoms with Gasteiger partial charge in [-0.2, -0.15) is 0 Å². The van der Waals surface area contributed by atoms with Crippen LogP contribution in [0.25, 0.3) is 0 Å². The van der Waals surface area contributed by atoms with Gasteiger partial charge in [0.1, 0.15) is 11.4 Å². The van der Waals surface area contributed by atoms with Crippen molar-refractivity contribution < 1.29 is 32.2 Å². The molecule has 1 saturated heterocycles. The highest BCUT2D eigenvalue weighted by Crippen LogP contribution is 2.35. The van der Waals surface area contributed by atoms with Gasteiger partial charge in [-0.25, -0.2) is 4.79 Å². The van der Waals surface area contributed by atoms with Crippen LogP contribution in [0.2, 0.25) is 0 Å². The van der Waals surface area contributed by atoms with Crippen LogP contribution in [0.3, 0.4) is 0 Å². The Labute approximate surface area is 154 Å². The quantitative estimate of drug-likeness (QED) is 0.781. The fraction of sp³-hybridized carbons (Fsp3) is 0.444. The topological polar surface area (TPSA) is 59.1 Å². The summed E-state index contributed by atoms with van der Waals surface area (Å²) in [5, 5.41) is 0. The van der Waals surface area contributed by atoms with Crippen LogP contribution >= 0.6 is 0 Å². The molecule has 2 aliphatic heterocycles. The first-order chi connectivity index (χ1) is 12.4. The molecule has 1 aromatic rings. The zero-order chi connectivity index (χ0) is 20.0. The number of anilines is 1. The molecule has 2 amide bonds.